The maximum atomic E-state index is 11.7. The second-order valence-electron chi connectivity index (χ2n) is 4.76. The van der Waals surface area contributed by atoms with Gasteiger partial charge in [0, 0.05) is 13.2 Å². The summed E-state index contributed by atoms with van der Waals surface area (Å²) in [7, 11) is 2.97. The van der Waals surface area contributed by atoms with E-state index >= 15 is 0 Å². The largest absolute Gasteiger partial charge is 0.493 e. The van der Waals surface area contributed by atoms with E-state index in [1.165, 1.54) is 7.11 Å². The molecule has 0 saturated heterocycles. The van der Waals surface area contributed by atoms with Crippen LogP contribution in [0, 0.1) is 0 Å². The smallest absolute Gasteiger partial charge is 0.338 e. The molecule has 1 aromatic carbocycles. The molecule has 0 heterocycles. The minimum atomic E-state index is -0.418. The number of carbonyl (C=O) groups excluding carboxylic acids is 1. The minimum Gasteiger partial charge on any atom is -0.493 e. The molecule has 124 valence electrons. The van der Waals surface area contributed by atoms with Crippen LogP contribution in [0.25, 0.3) is 0 Å². The lowest BCUT2D eigenvalue weighted by atomic mass is 10.2. The standard InChI is InChI=1S/C16H24O5S/c1-12(11-18-2)21-15-9-13(16(17)19-3)8-14(10-15)20-6-5-7-22-4/h8-10,12H,5-7,11H2,1-4H3/t12-/m0/s1. The first kappa shape index (κ1) is 18.6. The minimum absolute atomic E-state index is 0.123. The molecule has 5 nitrogen and oxygen atoms in total. The summed E-state index contributed by atoms with van der Waals surface area (Å²) >= 11 is 1.77. The summed E-state index contributed by atoms with van der Waals surface area (Å²) in [6, 6.07) is 5.09. The van der Waals surface area contributed by atoms with E-state index in [1.807, 2.05) is 6.92 Å². The molecule has 0 aromatic heterocycles. The van der Waals surface area contributed by atoms with Crippen LogP contribution < -0.4 is 9.47 Å². The van der Waals surface area contributed by atoms with Crippen molar-refractivity contribution in [1.82, 2.24) is 0 Å². The zero-order chi connectivity index (χ0) is 16.4. The van der Waals surface area contributed by atoms with Crippen molar-refractivity contribution in [3.63, 3.8) is 0 Å². The number of esters is 1. The van der Waals surface area contributed by atoms with Gasteiger partial charge < -0.3 is 18.9 Å². The molecule has 6 heteroatoms. The van der Waals surface area contributed by atoms with E-state index in [9.17, 15) is 4.79 Å². The van der Waals surface area contributed by atoms with Gasteiger partial charge in [0.1, 0.15) is 17.6 Å². The lowest BCUT2D eigenvalue weighted by Crippen LogP contribution is -2.18. The van der Waals surface area contributed by atoms with Crippen molar-refractivity contribution in [3.8, 4) is 11.5 Å². The summed E-state index contributed by atoms with van der Waals surface area (Å²) in [5.41, 5.74) is 0.407. The monoisotopic (exact) mass is 328 g/mol. The van der Waals surface area contributed by atoms with E-state index < -0.39 is 5.97 Å². The number of ether oxygens (including phenoxy) is 4. The van der Waals surface area contributed by atoms with Crippen molar-refractivity contribution < 1.29 is 23.7 Å². The van der Waals surface area contributed by atoms with Crippen LogP contribution in [-0.4, -0.2) is 51.5 Å². The topological polar surface area (TPSA) is 54.0 Å². The van der Waals surface area contributed by atoms with Gasteiger partial charge in [-0.15, -0.1) is 0 Å². The average molecular weight is 328 g/mol. The van der Waals surface area contributed by atoms with Gasteiger partial charge in [-0.25, -0.2) is 4.79 Å². The Morgan fingerprint density at radius 3 is 2.59 bits per heavy atom. The molecular formula is C16H24O5S. The van der Waals surface area contributed by atoms with E-state index in [0.717, 1.165) is 12.2 Å². The molecule has 0 bridgehead atoms. The molecule has 0 radical (unpaired) electrons. The van der Waals surface area contributed by atoms with Crippen molar-refractivity contribution >= 4 is 17.7 Å². The van der Waals surface area contributed by atoms with Crippen LogP contribution in [0.4, 0.5) is 0 Å². The Hall–Kier alpha value is -1.40. The molecule has 0 unspecified atom stereocenters. The molecule has 0 aliphatic carbocycles. The fourth-order valence-electron chi connectivity index (χ4n) is 1.85. The summed E-state index contributed by atoms with van der Waals surface area (Å²) in [5, 5.41) is 0. The van der Waals surface area contributed by atoms with Crippen LogP contribution in [0.2, 0.25) is 0 Å². The molecular weight excluding hydrogens is 304 g/mol. The van der Waals surface area contributed by atoms with E-state index in [-0.39, 0.29) is 6.10 Å². The van der Waals surface area contributed by atoms with E-state index in [4.69, 9.17) is 18.9 Å². The molecule has 0 N–H and O–H groups in total. The van der Waals surface area contributed by atoms with Crippen LogP contribution in [-0.2, 0) is 9.47 Å². The fourth-order valence-corrected chi connectivity index (χ4v) is 2.26. The Kier molecular flexibility index (Phi) is 8.77. The Bertz CT molecular complexity index is 464. The predicted octanol–water partition coefficient (Wildman–Crippen LogP) is 3.02. The first-order chi connectivity index (χ1) is 10.6. The lowest BCUT2D eigenvalue weighted by Gasteiger charge is -2.16. The molecule has 0 amide bonds. The van der Waals surface area contributed by atoms with Gasteiger partial charge in [-0.05, 0) is 37.5 Å². The van der Waals surface area contributed by atoms with Gasteiger partial charge >= 0.3 is 5.97 Å². The SMILES string of the molecule is COC[C@H](C)Oc1cc(OCCCSC)cc(C(=O)OC)c1. The number of rotatable bonds is 10. The second-order valence-corrected chi connectivity index (χ2v) is 5.75. The number of thioether (sulfide) groups is 1. The van der Waals surface area contributed by atoms with Crippen LogP contribution >= 0.6 is 11.8 Å². The molecule has 22 heavy (non-hydrogen) atoms. The van der Waals surface area contributed by atoms with Crippen LogP contribution in [0.3, 0.4) is 0 Å². The zero-order valence-corrected chi connectivity index (χ0v) is 14.4. The van der Waals surface area contributed by atoms with E-state index in [2.05, 4.69) is 6.26 Å². The summed E-state index contributed by atoms with van der Waals surface area (Å²) in [5.74, 6) is 1.78. The van der Waals surface area contributed by atoms with Gasteiger partial charge in [-0.1, -0.05) is 0 Å². The molecule has 0 fully saturated rings. The highest BCUT2D eigenvalue weighted by atomic mass is 32.2. The van der Waals surface area contributed by atoms with Crippen molar-refractivity contribution in [2.45, 2.75) is 19.4 Å². The van der Waals surface area contributed by atoms with Crippen molar-refractivity contribution in [2.24, 2.45) is 0 Å². The third-order valence-electron chi connectivity index (χ3n) is 2.80. The normalized spacial score (nSPS) is 11.8. The Morgan fingerprint density at radius 2 is 1.95 bits per heavy atom. The number of carbonyl (C=O) groups is 1. The van der Waals surface area contributed by atoms with E-state index in [0.29, 0.717) is 30.3 Å². The van der Waals surface area contributed by atoms with Gasteiger partial charge in [0.05, 0.1) is 25.9 Å². The van der Waals surface area contributed by atoms with Gasteiger partial charge in [0.25, 0.3) is 0 Å². The Labute approximate surface area is 136 Å². The molecule has 0 saturated carbocycles. The molecule has 1 atom stereocenters. The second kappa shape index (κ2) is 10.3. The summed E-state index contributed by atoms with van der Waals surface area (Å²) in [6.07, 6.45) is 2.88. The number of benzene rings is 1. The van der Waals surface area contributed by atoms with Gasteiger partial charge in [-0.2, -0.15) is 11.8 Å². The number of hydrogen-bond acceptors (Lipinski definition) is 6. The van der Waals surface area contributed by atoms with Crippen LogP contribution in [0.15, 0.2) is 18.2 Å². The lowest BCUT2D eigenvalue weighted by molar-refractivity contribution is 0.0598. The Balaban J connectivity index is 2.83. The summed E-state index contributed by atoms with van der Waals surface area (Å²) < 4.78 is 21.2. The van der Waals surface area contributed by atoms with E-state index in [1.54, 1.807) is 37.1 Å². The first-order valence-corrected chi connectivity index (χ1v) is 8.50. The third kappa shape index (κ3) is 6.58. The highest BCUT2D eigenvalue weighted by Gasteiger charge is 2.12. The van der Waals surface area contributed by atoms with Crippen molar-refractivity contribution in [3.05, 3.63) is 23.8 Å². The van der Waals surface area contributed by atoms with Crippen molar-refractivity contribution in [1.29, 1.82) is 0 Å². The first-order valence-electron chi connectivity index (χ1n) is 7.11. The third-order valence-corrected chi connectivity index (χ3v) is 3.50. The van der Waals surface area contributed by atoms with Crippen molar-refractivity contribution in [2.75, 3.05) is 39.4 Å². The highest BCUT2D eigenvalue weighted by Crippen LogP contribution is 2.25. The van der Waals surface area contributed by atoms with Crippen LogP contribution in [0.1, 0.15) is 23.7 Å². The molecule has 0 aliphatic rings. The van der Waals surface area contributed by atoms with Gasteiger partial charge in [0.15, 0.2) is 0 Å². The summed E-state index contributed by atoms with van der Waals surface area (Å²) in [4.78, 5) is 11.7. The summed E-state index contributed by atoms with van der Waals surface area (Å²) in [6.45, 7) is 2.96. The Morgan fingerprint density at radius 1 is 1.23 bits per heavy atom. The maximum Gasteiger partial charge on any atom is 0.338 e. The average Bonchev–Trinajstić information content (AvgIpc) is 2.50. The van der Waals surface area contributed by atoms with Gasteiger partial charge in [0.2, 0.25) is 0 Å². The van der Waals surface area contributed by atoms with Crippen LogP contribution in [0.5, 0.6) is 11.5 Å². The molecule has 1 rings (SSSR count). The molecule has 0 aliphatic heterocycles. The maximum absolute atomic E-state index is 11.7. The highest BCUT2D eigenvalue weighted by molar-refractivity contribution is 7.98. The molecule has 0 spiro atoms. The fraction of sp³-hybridized carbons (Fsp3) is 0.562. The quantitative estimate of drug-likeness (QED) is 0.486. The number of hydrogen-bond donors (Lipinski definition) is 0. The number of methoxy groups -OCH3 is 2. The zero-order valence-electron chi connectivity index (χ0n) is 13.6. The molecule has 1 aromatic rings. The van der Waals surface area contributed by atoms with Gasteiger partial charge in [-0.3, -0.25) is 0 Å². The predicted molar refractivity (Wildman–Crippen MR) is 88.2 cm³/mol.